The lowest BCUT2D eigenvalue weighted by molar-refractivity contribution is -0.133. The van der Waals surface area contributed by atoms with E-state index in [1.54, 1.807) is 29.2 Å². The summed E-state index contributed by atoms with van der Waals surface area (Å²) in [4.78, 5) is 29.4. The summed E-state index contributed by atoms with van der Waals surface area (Å²) in [6, 6.07) is 20.1. The third kappa shape index (κ3) is 6.89. The summed E-state index contributed by atoms with van der Waals surface area (Å²) >= 11 is 6.02. The second-order valence-corrected chi connectivity index (χ2v) is 8.05. The number of aryl methyl sites for hydroxylation is 1. The molecule has 6 nitrogen and oxygen atoms in total. The van der Waals surface area contributed by atoms with Gasteiger partial charge < -0.3 is 19.5 Å². The molecule has 0 unspecified atom stereocenters. The quantitative estimate of drug-likeness (QED) is 0.451. The smallest absolute Gasteiger partial charge is 0.322 e. The average molecular weight is 454 g/mol. The molecule has 0 fully saturated rings. The number of nitrogens with zero attached hydrogens (tertiary/aromatic N) is 2. The van der Waals surface area contributed by atoms with Gasteiger partial charge in [0.05, 0.1) is 6.54 Å². The Kier molecular flexibility index (Phi) is 8.34. The number of urea groups is 1. The van der Waals surface area contributed by atoms with Crippen LogP contribution in [0.2, 0.25) is 5.02 Å². The van der Waals surface area contributed by atoms with Crippen LogP contribution in [0.25, 0.3) is 0 Å². The molecule has 0 atom stereocenters. The first-order valence-corrected chi connectivity index (χ1v) is 11.0. The molecule has 0 radical (unpaired) electrons. The summed E-state index contributed by atoms with van der Waals surface area (Å²) < 4.78 is 5.69. The minimum Gasteiger partial charge on any atom is -0.464 e. The number of amides is 3. The van der Waals surface area contributed by atoms with Gasteiger partial charge in [0, 0.05) is 23.8 Å². The summed E-state index contributed by atoms with van der Waals surface area (Å²) in [6.45, 7) is 5.02. The van der Waals surface area contributed by atoms with Crippen molar-refractivity contribution >= 4 is 29.2 Å². The topological polar surface area (TPSA) is 65.8 Å². The van der Waals surface area contributed by atoms with Crippen LogP contribution in [0.5, 0.6) is 0 Å². The molecule has 1 N–H and O–H groups in total. The number of rotatable bonds is 9. The molecule has 3 aromatic rings. The molecule has 0 bridgehead atoms. The average Bonchev–Trinajstić information content (AvgIpc) is 3.18. The highest BCUT2D eigenvalue weighted by Crippen LogP contribution is 2.17. The molecule has 3 rings (SSSR count). The number of hydrogen-bond donors (Lipinski definition) is 1. The lowest BCUT2D eigenvalue weighted by atomic mass is 10.2. The fourth-order valence-electron chi connectivity index (χ4n) is 3.35. The van der Waals surface area contributed by atoms with Gasteiger partial charge in [-0.3, -0.25) is 4.79 Å². The Labute approximate surface area is 193 Å². The molecule has 168 valence electrons. The molecule has 0 saturated heterocycles. The van der Waals surface area contributed by atoms with Crippen LogP contribution in [-0.4, -0.2) is 34.8 Å². The number of halogens is 1. The van der Waals surface area contributed by atoms with E-state index in [1.165, 1.54) is 4.90 Å². The van der Waals surface area contributed by atoms with Crippen LogP contribution < -0.4 is 5.32 Å². The molecular weight excluding hydrogens is 426 g/mol. The molecule has 2 aromatic carbocycles. The Hall–Kier alpha value is -3.25. The van der Waals surface area contributed by atoms with Gasteiger partial charge in [-0.1, -0.05) is 54.9 Å². The Morgan fingerprint density at radius 1 is 0.969 bits per heavy atom. The number of anilines is 1. The molecule has 1 heterocycles. The van der Waals surface area contributed by atoms with Crippen molar-refractivity contribution in [2.24, 2.45) is 0 Å². The summed E-state index contributed by atoms with van der Waals surface area (Å²) in [5.41, 5.74) is 1.60. The first-order valence-electron chi connectivity index (χ1n) is 10.6. The highest BCUT2D eigenvalue weighted by molar-refractivity contribution is 6.30. The van der Waals surface area contributed by atoms with Gasteiger partial charge in [0.2, 0.25) is 5.91 Å². The van der Waals surface area contributed by atoms with Crippen LogP contribution in [0, 0.1) is 6.92 Å². The normalized spacial score (nSPS) is 10.6. The number of nitrogens with one attached hydrogen (secondary N) is 1. The highest BCUT2D eigenvalue weighted by Gasteiger charge is 2.22. The molecule has 7 heteroatoms. The van der Waals surface area contributed by atoms with Crippen LogP contribution in [0.3, 0.4) is 0 Å². The van der Waals surface area contributed by atoms with E-state index in [1.807, 2.05) is 56.3 Å². The Balaban J connectivity index is 1.73. The molecule has 0 spiro atoms. The van der Waals surface area contributed by atoms with Crippen LogP contribution in [0.15, 0.2) is 71.1 Å². The Morgan fingerprint density at radius 3 is 2.41 bits per heavy atom. The maximum absolute atomic E-state index is 13.3. The van der Waals surface area contributed by atoms with E-state index < -0.39 is 0 Å². The third-order valence-corrected chi connectivity index (χ3v) is 5.13. The standard InChI is InChI=1S/C25H28ClN3O3/c1-3-14-28(25(31)27-22-11-7-10-21(26)15-22)18-24(30)29(16-20-8-5-4-6-9-20)17-23-13-12-19(2)32-23/h4-13,15H,3,14,16-18H2,1-2H3,(H,27,31). The van der Waals surface area contributed by atoms with Crippen molar-refractivity contribution in [3.63, 3.8) is 0 Å². The lowest BCUT2D eigenvalue weighted by Gasteiger charge is -2.27. The molecule has 3 amide bonds. The van der Waals surface area contributed by atoms with Gasteiger partial charge in [0.1, 0.15) is 18.1 Å². The predicted octanol–water partition coefficient (Wildman–Crippen LogP) is 5.71. The monoisotopic (exact) mass is 453 g/mol. The number of furan rings is 1. The number of benzene rings is 2. The number of carbonyl (C=O) groups is 2. The zero-order chi connectivity index (χ0) is 22.9. The Bertz CT molecular complexity index is 1040. The van der Waals surface area contributed by atoms with E-state index in [9.17, 15) is 9.59 Å². The first-order chi connectivity index (χ1) is 15.4. The minimum absolute atomic E-state index is 0.0350. The van der Waals surface area contributed by atoms with Crippen molar-refractivity contribution in [3.8, 4) is 0 Å². The van der Waals surface area contributed by atoms with Gasteiger partial charge in [-0.2, -0.15) is 0 Å². The van der Waals surface area contributed by atoms with Gasteiger partial charge >= 0.3 is 6.03 Å². The predicted molar refractivity (Wildman–Crippen MR) is 126 cm³/mol. The third-order valence-electron chi connectivity index (χ3n) is 4.89. The van der Waals surface area contributed by atoms with Gasteiger partial charge in [0.25, 0.3) is 0 Å². The SMILES string of the molecule is CCCN(CC(=O)N(Cc1ccccc1)Cc1ccc(C)o1)C(=O)Nc1cccc(Cl)c1. The van der Waals surface area contributed by atoms with E-state index in [0.29, 0.717) is 36.1 Å². The van der Waals surface area contributed by atoms with E-state index in [4.69, 9.17) is 16.0 Å². The maximum Gasteiger partial charge on any atom is 0.322 e. The van der Waals surface area contributed by atoms with Crippen molar-refractivity contribution in [1.82, 2.24) is 9.80 Å². The fraction of sp³-hybridized carbons (Fsp3) is 0.280. The van der Waals surface area contributed by atoms with Gasteiger partial charge in [0.15, 0.2) is 0 Å². The first kappa shape index (κ1) is 23.4. The summed E-state index contributed by atoms with van der Waals surface area (Å²) in [5.74, 6) is 1.34. The van der Waals surface area contributed by atoms with Crippen LogP contribution in [0.4, 0.5) is 10.5 Å². The molecule has 0 aliphatic rings. The van der Waals surface area contributed by atoms with Gasteiger partial charge in [-0.05, 0) is 49.2 Å². The van der Waals surface area contributed by atoms with E-state index >= 15 is 0 Å². The van der Waals surface area contributed by atoms with Crippen molar-refractivity contribution in [1.29, 1.82) is 0 Å². The van der Waals surface area contributed by atoms with Crippen molar-refractivity contribution in [2.75, 3.05) is 18.4 Å². The molecule has 0 aliphatic heterocycles. The van der Waals surface area contributed by atoms with Crippen molar-refractivity contribution < 1.29 is 14.0 Å². The maximum atomic E-state index is 13.3. The lowest BCUT2D eigenvalue weighted by Crippen LogP contribution is -2.44. The zero-order valence-corrected chi connectivity index (χ0v) is 19.1. The van der Waals surface area contributed by atoms with E-state index in [0.717, 1.165) is 17.7 Å². The molecule has 0 aliphatic carbocycles. The van der Waals surface area contributed by atoms with Gasteiger partial charge in [-0.25, -0.2) is 4.79 Å². The Morgan fingerprint density at radius 2 is 1.75 bits per heavy atom. The number of hydrogen-bond acceptors (Lipinski definition) is 3. The summed E-state index contributed by atoms with van der Waals surface area (Å²) in [5, 5.41) is 3.36. The molecule has 1 aromatic heterocycles. The van der Waals surface area contributed by atoms with E-state index in [-0.39, 0.29) is 18.5 Å². The van der Waals surface area contributed by atoms with Crippen molar-refractivity contribution in [3.05, 3.63) is 88.8 Å². The molecule has 0 saturated carbocycles. The largest absolute Gasteiger partial charge is 0.464 e. The summed E-state index contributed by atoms with van der Waals surface area (Å²) in [7, 11) is 0. The van der Waals surface area contributed by atoms with Crippen LogP contribution >= 0.6 is 11.6 Å². The summed E-state index contributed by atoms with van der Waals surface area (Å²) in [6.07, 6.45) is 0.728. The van der Waals surface area contributed by atoms with Gasteiger partial charge in [-0.15, -0.1) is 0 Å². The van der Waals surface area contributed by atoms with Crippen molar-refractivity contribution in [2.45, 2.75) is 33.4 Å². The zero-order valence-electron chi connectivity index (χ0n) is 18.4. The second-order valence-electron chi connectivity index (χ2n) is 7.61. The number of carbonyl (C=O) groups excluding carboxylic acids is 2. The van der Waals surface area contributed by atoms with E-state index in [2.05, 4.69) is 5.32 Å². The highest BCUT2D eigenvalue weighted by atomic mass is 35.5. The second kappa shape index (κ2) is 11.4. The van der Waals surface area contributed by atoms with Crippen LogP contribution in [0.1, 0.15) is 30.4 Å². The molecular formula is C25H28ClN3O3. The van der Waals surface area contributed by atoms with Crippen LogP contribution in [-0.2, 0) is 17.9 Å². The molecule has 32 heavy (non-hydrogen) atoms. The fourth-order valence-corrected chi connectivity index (χ4v) is 3.54. The minimum atomic E-state index is -0.337.